The van der Waals surface area contributed by atoms with Crippen molar-refractivity contribution in [3.8, 4) is 0 Å². The molecule has 3 heteroatoms. The molecule has 0 aliphatic heterocycles. The number of ketones is 1. The van der Waals surface area contributed by atoms with Crippen molar-refractivity contribution in [2.75, 3.05) is 0 Å². The van der Waals surface area contributed by atoms with E-state index >= 15 is 0 Å². The lowest BCUT2D eigenvalue weighted by Crippen LogP contribution is -2.38. The Morgan fingerprint density at radius 3 is 2.41 bits per heavy atom. The molecule has 0 unspecified atom stereocenters. The lowest BCUT2D eigenvalue weighted by atomic mass is 9.93. The number of hydrogen-bond donors (Lipinski definition) is 1. The van der Waals surface area contributed by atoms with Crippen molar-refractivity contribution in [1.82, 2.24) is 5.32 Å². The van der Waals surface area contributed by atoms with Crippen molar-refractivity contribution >= 4 is 11.7 Å². The summed E-state index contributed by atoms with van der Waals surface area (Å²) in [6.45, 7) is 0. The van der Waals surface area contributed by atoms with Gasteiger partial charge >= 0.3 is 0 Å². The first-order valence-corrected chi connectivity index (χ1v) is 5.83. The lowest BCUT2D eigenvalue weighted by Gasteiger charge is -2.25. The van der Waals surface area contributed by atoms with E-state index in [2.05, 4.69) is 5.32 Å². The maximum atomic E-state index is 11.7. The summed E-state index contributed by atoms with van der Waals surface area (Å²) in [5.41, 5.74) is 0.597. The molecule has 0 spiro atoms. The molecule has 1 amide bonds. The van der Waals surface area contributed by atoms with Crippen molar-refractivity contribution in [1.29, 1.82) is 0 Å². The van der Waals surface area contributed by atoms with Gasteiger partial charge in [0, 0.05) is 17.7 Å². The summed E-state index contributed by atoms with van der Waals surface area (Å²) in [5, 5.41) is 2.85. The van der Waals surface area contributed by atoms with Gasteiger partial charge in [-0.15, -0.1) is 0 Å². The van der Waals surface area contributed by atoms with Crippen molar-refractivity contribution in [3.05, 3.63) is 48.0 Å². The monoisotopic (exact) mass is 229 g/mol. The van der Waals surface area contributed by atoms with Crippen LogP contribution in [0, 0.1) is 0 Å². The molecule has 1 aromatic rings. The average molecular weight is 229 g/mol. The van der Waals surface area contributed by atoms with E-state index in [9.17, 15) is 9.59 Å². The third-order valence-corrected chi connectivity index (χ3v) is 2.90. The molecule has 88 valence electrons. The fourth-order valence-corrected chi connectivity index (χ4v) is 1.65. The molecule has 3 nitrogen and oxygen atoms in total. The molecule has 0 bridgehead atoms. The average Bonchev–Trinajstić information content (AvgIpc) is 2.32. The predicted octanol–water partition coefficient (Wildman–Crippen LogP) is 2.09. The number of allylic oxidation sites excluding steroid dienone is 1. The SMILES string of the molecule is O=C(/C=C/C(=O)c1ccccc1)NC1CCC1. The quantitative estimate of drug-likeness (QED) is 0.634. The zero-order valence-electron chi connectivity index (χ0n) is 9.56. The van der Waals surface area contributed by atoms with E-state index in [4.69, 9.17) is 0 Å². The van der Waals surface area contributed by atoms with Gasteiger partial charge in [0.2, 0.25) is 5.91 Å². The van der Waals surface area contributed by atoms with Gasteiger partial charge in [-0.25, -0.2) is 0 Å². The Morgan fingerprint density at radius 1 is 1.12 bits per heavy atom. The van der Waals surface area contributed by atoms with Gasteiger partial charge in [0.1, 0.15) is 0 Å². The summed E-state index contributed by atoms with van der Waals surface area (Å²) in [6, 6.07) is 9.22. The van der Waals surface area contributed by atoms with Crippen LogP contribution in [-0.4, -0.2) is 17.7 Å². The minimum absolute atomic E-state index is 0.144. The van der Waals surface area contributed by atoms with Gasteiger partial charge in [0.15, 0.2) is 5.78 Å². The third-order valence-electron chi connectivity index (χ3n) is 2.90. The van der Waals surface area contributed by atoms with E-state index in [0.717, 1.165) is 12.8 Å². The van der Waals surface area contributed by atoms with Crippen LogP contribution in [0.1, 0.15) is 29.6 Å². The van der Waals surface area contributed by atoms with Crippen LogP contribution in [0.2, 0.25) is 0 Å². The standard InChI is InChI=1S/C14H15NO2/c16-13(11-5-2-1-3-6-11)9-10-14(17)15-12-7-4-8-12/h1-3,5-6,9-10,12H,4,7-8H2,(H,15,17)/b10-9+. The van der Waals surface area contributed by atoms with Crippen LogP contribution < -0.4 is 5.32 Å². The lowest BCUT2D eigenvalue weighted by molar-refractivity contribution is -0.117. The molecule has 0 atom stereocenters. The second-order valence-electron chi connectivity index (χ2n) is 4.20. The second kappa shape index (κ2) is 5.43. The Hall–Kier alpha value is -1.90. The van der Waals surface area contributed by atoms with Gasteiger partial charge < -0.3 is 5.32 Å². The number of rotatable bonds is 4. The fourth-order valence-electron chi connectivity index (χ4n) is 1.65. The van der Waals surface area contributed by atoms with E-state index in [1.165, 1.54) is 18.6 Å². The number of nitrogens with one attached hydrogen (secondary N) is 1. The van der Waals surface area contributed by atoms with Gasteiger partial charge in [0.25, 0.3) is 0 Å². The van der Waals surface area contributed by atoms with Gasteiger partial charge in [0.05, 0.1) is 0 Å². The molecule has 0 radical (unpaired) electrons. The first kappa shape index (κ1) is 11.6. The molecular weight excluding hydrogens is 214 g/mol. The highest BCUT2D eigenvalue weighted by molar-refractivity contribution is 6.07. The van der Waals surface area contributed by atoms with Gasteiger partial charge in [-0.2, -0.15) is 0 Å². The third kappa shape index (κ3) is 3.28. The zero-order valence-corrected chi connectivity index (χ0v) is 9.56. The first-order chi connectivity index (χ1) is 8.25. The van der Waals surface area contributed by atoms with Crippen LogP contribution in [0.3, 0.4) is 0 Å². The van der Waals surface area contributed by atoms with Crippen LogP contribution >= 0.6 is 0 Å². The fraction of sp³-hybridized carbons (Fsp3) is 0.286. The van der Waals surface area contributed by atoms with Crippen molar-refractivity contribution in [2.45, 2.75) is 25.3 Å². The number of hydrogen-bond acceptors (Lipinski definition) is 2. The van der Waals surface area contributed by atoms with E-state index < -0.39 is 0 Å². The molecule has 1 aliphatic rings. The Bertz CT molecular complexity index is 433. The summed E-state index contributed by atoms with van der Waals surface area (Å²) in [4.78, 5) is 23.1. The molecule has 1 aliphatic carbocycles. The number of carbonyl (C=O) groups is 2. The molecule has 0 heterocycles. The molecule has 1 fully saturated rings. The Morgan fingerprint density at radius 2 is 1.82 bits per heavy atom. The van der Waals surface area contributed by atoms with Crippen LogP contribution in [0.5, 0.6) is 0 Å². The van der Waals surface area contributed by atoms with Crippen molar-refractivity contribution in [3.63, 3.8) is 0 Å². The molecule has 1 saturated carbocycles. The zero-order chi connectivity index (χ0) is 12.1. The number of benzene rings is 1. The van der Waals surface area contributed by atoms with Gasteiger partial charge in [-0.1, -0.05) is 30.3 Å². The van der Waals surface area contributed by atoms with Gasteiger partial charge in [-0.05, 0) is 25.3 Å². The number of carbonyl (C=O) groups excluding carboxylic acids is 2. The highest BCUT2D eigenvalue weighted by Crippen LogP contribution is 2.17. The van der Waals surface area contributed by atoms with E-state index in [1.54, 1.807) is 24.3 Å². The summed E-state index contributed by atoms with van der Waals surface area (Å²) < 4.78 is 0. The minimum Gasteiger partial charge on any atom is -0.350 e. The highest BCUT2D eigenvalue weighted by Gasteiger charge is 2.18. The van der Waals surface area contributed by atoms with E-state index in [1.807, 2.05) is 6.07 Å². The summed E-state index contributed by atoms with van der Waals surface area (Å²) >= 11 is 0. The Kier molecular flexibility index (Phi) is 3.70. The summed E-state index contributed by atoms with van der Waals surface area (Å²) in [7, 11) is 0. The molecule has 0 aromatic heterocycles. The van der Waals surface area contributed by atoms with Crippen molar-refractivity contribution < 1.29 is 9.59 Å². The maximum absolute atomic E-state index is 11.7. The molecular formula is C14H15NO2. The topological polar surface area (TPSA) is 46.2 Å². The minimum atomic E-state index is -0.181. The number of amides is 1. The molecule has 0 saturated heterocycles. The molecule has 1 N–H and O–H groups in total. The van der Waals surface area contributed by atoms with Crippen LogP contribution in [0.25, 0.3) is 0 Å². The summed E-state index contributed by atoms with van der Waals surface area (Å²) in [6.07, 6.45) is 5.91. The van der Waals surface area contributed by atoms with Crippen LogP contribution in [0.15, 0.2) is 42.5 Å². The van der Waals surface area contributed by atoms with E-state index in [-0.39, 0.29) is 11.7 Å². The molecule has 17 heavy (non-hydrogen) atoms. The second-order valence-corrected chi connectivity index (χ2v) is 4.20. The Balaban J connectivity index is 1.87. The van der Waals surface area contributed by atoms with Crippen molar-refractivity contribution in [2.24, 2.45) is 0 Å². The molecule has 1 aromatic carbocycles. The summed E-state index contributed by atoms with van der Waals surface area (Å²) in [5.74, 6) is -0.326. The van der Waals surface area contributed by atoms with Gasteiger partial charge in [-0.3, -0.25) is 9.59 Å². The normalized spacial score (nSPS) is 15.5. The smallest absolute Gasteiger partial charge is 0.244 e. The van der Waals surface area contributed by atoms with Crippen LogP contribution in [-0.2, 0) is 4.79 Å². The Labute approximate surface area is 101 Å². The maximum Gasteiger partial charge on any atom is 0.244 e. The highest BCUT2D eigenvalue weighted by atomic mass is 16.1. The first-order valence-electron chi connectivity index (χ1n) is 5.83. The van der Waals surface area contributed by atoms with Crippen LogP contribution in [0.4, 0.5) is 0 Å². The van der Waals surface area contributed by atoms with E-state index in [0.29, 0.717) is 11.6 Å². The predicted molar refractivity (Wildman–Crippen MR) is 65.7 cm³/mol. The largest absolute Gasteiger partial charge is 0.350 e. The molecule has 2 rings (SSSR count).